The predicted molar refractivity (Wildman–Crippen MR) is 82.4 cm³/mol. The molecule has 1 aliphatic heterocycles. The number of hydrogen-bond donors (Lipinski definition) is 2. The van der Waals surface area contributed by atoms with Crippen molar-refractivity contribution < 1.29 is 5.21 Å². The largest absolute Gasteiger partial charge is 0.409 e. The van der Waals surface area contributed by atoms with Crippen molar-refractivity contribution in [3.05, 3.63) is 29.8 Å². The van der Waals surface area contributed by atoms with E-state index in [9.17, 15) is 0 Å². The van der Waals surface area contributed by atoms with Gasteiger partial charge in [0, 0.05) is 35.7 Å². The molecule has 3 rings (SSSR count). The maximum atomic E-state index is 8.64. The highest BCUT2D eigenvalue weighted by atomic mass is 32.2. The zero-order valence-electron chi connectivity index (χ0n) is 11.5. The van der Waals surface area contributed by atoms with Crippen LogP contribution in [0, 0.1) is 0 Å². The molecule has 3 N–H and O–H groups in total. The van der Waals surface area contributed by atoms with Crippen LogP contribution in [0.4, 0.5) is 0 Å². The second-order valence-corrected chi connectivity index (χ2v) is 6.96. The van der Waals surface area contributed by atoms with Crippen molar-refractivity contribution in [2.75, 3.05) is 13.1 Å². The zero-order chi connectivity index (χ0) is 13.9. The molecule has 2 aliphatic rings. The number of hydrogen-bond acceptors (Lipinski definition) is 4. The fraction of sp³-hybridized carbons (Fsp3) is 0.533. The molecule has 1 unspecified atom stereocenters. The van der Waals surface area contributed by atoms with Gasteiger partial charge in [-0.2, -0.15) is 0 Å². The smallest absolute Gasteiger partial charge is 0.140 e. The molecule has 1 fully saturated rings. The molecule has 108 valence electrons. The normalized spacial score (nSPS) is 22.2. The SMILES string of the molecule is NC(CCN(CC1Cc2ccccc2S1)C1CC1)=NO. The van der Waals surface area contributed by atoms with E-state index in [1.54, 1.807) is 0 Å². The van der Waals surface area contributed by atoms with Crippen LogP contribution >= 0.6 is 11.8 Å². The van der Waals surface area contributed by atoms with Crippen LogP contribution in [0.5, 0.6) is 0 Å². The second-order valence-electron chi connectivity index (χ2n) is 5.62. The van der Waals surface area contributed by atoms with Crippen molar-refractivity contribution in [3.8, 4) is 0 Å². The third-order valence-corrected chi connectivity index (χ3v) is 5.30. The van der Waals surface area contributed by atoms with Gasteiger partial charge in [0.1, 0.15) is 5.84 Å². The van der Waals surface area contributed by atoms with Crippen molar-refractivity contribution in [1.29, 1.82) is 0 Å². The topological polar surface area (TPSA) is 61.8 Å². The molecule has 1 aliphatic carbocycles. The minimum atomic E-state index is 0.331. The van der Waals surface area contributed by atoms with Crippen molar-refractivity contribution in [3.63, 3.8) is 0 Å². The molecule has 4 nitrogen and oxygen atoms in total. The summed E-state index contributed by atoms with van der Waals surface area (Å²) in [4.78, 5) is 3.95. The van der Waals surface area contributed by atoms with Gasteiger partial charge in [-0.1, -0.05) is 23.4 Å². The summed E-state index contributed by atoms with van der Waals surface area (Å²) in [5.74, 6) is 0.331. The van der Waals surface area contributed by atoms with E-state index in [2.05, 4.69) is 34.3 Å². The van der Waals surface area contributed by atoms with Crippen molar-refractivity contribution in [1.82, 2.24) is 4.90 Å². The Kier molecular flexibility index (Phi) is 4.17. The first-order chi connectivity index (χ1) is 9.76. The van der Waals surface area contributed by atoms with Gasteiger partial charge in [0.2, 0.25) is 0 Å². The van der Waals surface area contributed by atoms with Gasteiger partial charge in [-0.25, -0.2) is 0 Å². The lowest BCUT2D eigenvalue weighted by molar-refractivity contribution is 0.268. The van der Waals surface area contributed by atoms with Crippen LogP contribution in [0.3, 0.4) is 0 Å². The summed E-state index contributed by atoms with van der Waals surface area (Å²) < 4.78 is 0. The number of rotatable bonds is 6. The summed E-state index contributed by atoms with van der Waals surface area (Å²) >= 11 is 2.00. The lowest BCUT2D eigenvalue weighted by Gasteiger charge is -2.24. The number of thioether (sulfide) groups is 1. The maximum absolute atomic E-state index is 8.64. The average molecular weight is 291 g/mol. The molecule has 5 heteroatoms. The first-order valence-corrected chi connectivity index (χ1v) is 8.09. The highest BCUT2D eigenvalue weighted by Gasteiger charge is 2.32. The van der Waals surface area contributed by atoms with Gasteiger partial charge in [0.05, 0.1) is 0 Å². The summed E-state index contributed by atoms with van der Waals surface area (Å²) in [6, 6.07) is 9.41. The van der Waals surface area contributed by atoms with Gasteiger partial charge in [-0.05, 0) is 30.9 Å². The summed E-state index contributed by atoms with van der Waals surface area (Å²) in [6.07, 6.45) is 4.39. The van der Waals surface area contributed by atoms with Crippen LogP contribution in [0.15, 0.2) is 34.3 Å². The first kappa shape index (κ1) is 13.8. The first-order valence-electron chi connectivity index (χ1n) is 7.21. The number of oxime groups is 1. The predicted octanol–water partition coefficient (Wildman–Crippen LogP) is 2.30. The van der Waals surface area contributed by atoms with Gasteiger partial charge in [0.15, 0.2) is 0 Å². The fourth-order valence-corrected chi connectivity index (χ4v) is 4.14. The second kappa shape index (κ2) is 6.06. The number of benzene rings is 1. The van der Waals surface area contributed by atoms with Gasteiger partial charge < -0.3 is 10.9 Å². The van der Waals surface area contributed by atoms with E-state index in [1.807, 2.05) is 11.8 Å². The Hall–Kier alpha value is -1.20. The van der Waals surface area contributed by atoms with Crippen LogP contribution in [0.2, 0.25) is 0 Å². The van der Waals surface area contributed by atoms with E-state index in [4.69, 9.17) is 10.9 Å². The molecule has 1 aromatic rings. The highest BCUT2D eigenvalue weighted by Crippen LogP contribution is 2.38. The van der Waals surface area contributed by atoms with Gasteiger partial charge in [0.25, 0.3) is 0 Å². The number of nitrogens with two attached hydrogens (primary N) is 1. The van der Waals surface area contributed by atoms with Gasteiger partial charge >= 0.3 is 0 Å². The number of nitrogens with zero attached hydrogens (tertiary/aromatic N) is 2. The van der Waals surface area contributed by atoms with Crippen LogP contribution in [0.25, 0.3) is 0 Å². The van der Waals surface area contributed by atoms with Crippen LogP contribution in [-0.2, 0) is 6.42 Å². The van der Waals surface area contributed by atoms with E-state index >= 15 is 0 Å². The number of amidine groups is 1. The molecule has 0 radical (unpaired) electrons. The summed E-state index contributed by atoms with van der Waals surface area (Å²) in [5, 5.41) is 12.4. The minimum absolute atomic E-state index is 0.331. The summed E-state index contributed by atoms with van der Waals surface area (Å²) in [6.45, 7) is 2.00. The summed E-state index contributed by atoms with van der Waals surface area (Å²) in [5.41, 5.74) is 7.07. The molecule has 1 saturated carbocycles. The van der Waals surface area contributed by atoms with Crippen molar-refractivity contribution >= 4 is 17.6 Å². The van der Waals surface area contributed by atoms with Crippen molar-refractivity contribution in [2.24, 2.45) is 10.9 Å². The maximum Gasteiger partial charge on any atom is 0.140 e. The zero-order valence-corrected chi connectivity index (χ0v) is 12.4. The van der Waals surface area contributed by atoms with Crippen molar-refractivity contribution in [2.45, 2.75) is 41.9 Å². The third-order valence-electron chi connectivity index (χ3n) is 4.00. The van der Waals surface area contributed by atoms with Crippen LogP contribution in [0.1, 0.15) is 24.8 Å². The lowest BCUT2D eigenvalue weighted by Crippen LogP contribution is -2.35. The molecule has 0 saturated heterocycles. The molecule has 0 spiro atoms. The Bertz CT molecular complexity index is 477. The highest BCUT2D eigenvalue weighted by molar-refractivity contribution is 8.00. The number of fused-ring (bicyclic) bond motifs is 1. The van der Waals surface area contributed by atoms with Gasteiger partial charge in [-0.3, -0.25) is 4.90 Å². The Labute approximate surface area is 124 Å². The molecule has 0 bridgehead atoms. The Morgan fingerprint density at radius 1 is 1.40 bits per heavy atom. The monoisotopic (exact) mass is 291 g/mol. The van der Waals surface area contributed by atoms with E-state index in [0.29, 0.717) is 23.5 Å². The minimum Gasteiger partial charge on any atom is -0.409 e. The molecular formula is C15H21N3OS. The van der Waals surface area contributed by atoms with E-state index in [-0.39, 0.29) is 0 Å². The molecule has 1 aromatic carbocycles. The standard InChI is InChI=1S/C15H21N3OS/c16-15(17-19)7-8-18(12-5-6-12)10-13-9-11-3-1-2-4-14(11)20-13/h1-4,12-13,19H,5-10H2,(H2,16,17). The molecule has 0 aromatic heterocycles. The van der Waals surface area contributed by atoms with E-state index in [1.165, 1.54) is 23.3 Å². The molecule has 20 heavy (non-hydrogen) atoms. The Morgan fingerprint density at radius 3 is 2.90 bits per heavy atom. The molecule has 1 atom stereocenters. The lowest BCUT2D eigenvalue weighted by atomic mass is 10.1. The Balaban J connectivity index is 1.56. The third kappa shape index (κ3) is 3.27. The Morgan fingerprint density at radius 2 is 2.20 bits per heavy atom. The van der Waals surface area contributed by atoms with E-state index in [0.717, 1.165) is 19.5 Å². The van der Waals surface area contributed by atoms with Gasteiger partial charge in [-0.15, -0.1) is 11.8 Å². The molecule has 1 heterocycles. The fourth-order valence-electron chi connectivity index (χ4n) is 2.79. The quantitative estimate of drug-likeness (QED) is 0.365. The molecular weight excluding hydrogens is 270 g/mol. The van der Waals surface area contributed by atoms with E-state index < -0.39 is 0 Å². The summed E-state index contributed by atoms with van der Waals surface area (Å²) in [7, 11) is 0. The molecule has 0 amide bonds. The average Bonchev–Trinajstić information content (AvgIpc) is 3.22. The van der Waals surface area contributed by atoms with Crippen LogP contribution < -0.4 is 5.73 Å². The van der Waals surface area contributed by atoms with Crippen LogP contribution in [-0.4, -0.2) is 40.3 Å².